The Balaban J connectivity index is 2.09. The van der Waals surface area contributed by atoms with Gasteiger partial charge in [-0.25, -0.2) is 0 Å². The zero-order valence-corrected chi connectivity index (χ0v) is 5.62. The van der Waals surface area contributed by atoms with Gasteiger partial charge in [-0.05, 0) is 18.4 Å². The van der Waals surface area contributed by atoms with Crippen molar-refractivity contribution in [3.8, 4) is 0 Å². The lowest BCUT2D eigenvalue weighted by molar-refractivity contribution is 0.190. The monoisotopic (exact) mass is 141 g/mol. The van der Waals surface area contributed by atoms with Gasteiger partial charge >= 0.3 is 0 Å². The highest BCUT2D eigenvalue weighted by Gasteiger charge is 2.54. The maximum atomic E-state index is 9.06. The third-order valence-corrected chi connectivity index (χ3v) is 2.39. The number of hydrogen-bond donors (Lipinski definition) is 3. The highest BCUT2D eigenvalue weighted by atomic mass is 16.3. The highest BCUT2D eigenvalue weighted by molar-refractivity contribution is 5.38. The molecule has 3 unspecified atom stereocenters. The summed E-state index contributed by atoms with van der Waals surface area (Å²) in [5.74, 6) is 0. The predicted molar refractivity (Wildman–Crippen MR) is 36.2 cm³/mol. The van der Waals surface area contributed by atoms with Crippen molar-refractivity contribution in [3.63, 3.8) is 0 Å². The minimum atomic E-state index is -0.459. The number of hydrogen-bond acceptors (Lipinski definition) is 3. The molecule has 2 aliphatic rings. The number of rotatable bonds is 1. The van der Waals surface area contributed by atoms with Crippen molar-refractivity contribution in [1.29, 1.82) is 0 Å². The van der Waals surface area contributed by atoms with Gasteiger partial charge in [-0.2, -0.15) is 0 Å². The Kier molecular flexibility index (Phi) is 1.02. The van der Waals surface area contributed by atoms with Gasteiger partial charge in [0.15, 0.2) is 0 Å². The summed E-state index contributed by atoms with van der Waals surface area (Å²) in [6.45, 7) is 0. The fourth-order valence-electron chi connectivity index (χ4n) is 1.38. The van der Waals surface area contributed by atoms with E-state index in [-0.39, 0.29) is 12.2 Å². The summed E-state index contributed by atoms with van der Waals surface area (Å²) in [7, 11) is 0. The maximum Gasteiger partial charge on any atom is 0.0780 e. The third-order valence-electron chi connectivity index (χ3n) is 2.39. The van der Waals surface area contributed by atoms with Crippen LogP contribution in [-0.4, -0.2) is 28.0 Å². The molecule has 0 aromatic rings. The number of aliphatic hydroxyl groups excluding tert-OH is 2. The van der Waals surface area contributed by atoms with Gasteiger partial charge in [0.1, 0.15) is 0 Å². The summed E-state index contributed by atoms with van der Waals surface area (Å²) in [4.78, 5) is 0. The lowest BCUT2D eigenvalue weighted by Gasteiger charge is -2.25. The Morgan fingerprint density at radius 2 is 2.10 bits per heavy atom. The van der Waals surface area contributed by atoms with E-state index in [4.69, 9.17) is 15.9 Å². The van der Waals surface area contributed by atoms with Crippen molar-refractivity contribution in [2.24, 2.45) is 5.73 Å². The van der Waals surface area contributed by atoms with E-state index in [1.54, 1.807) is 6.08 Å². The Morgan fingerprint density at radius 3 is 2.40 bits per heavy atom. The van der Waals surface area contributed by atoms with Gasteiger partial charge in [-0.3, -0.25) is 0 Å². The molecule has 0 amide bonds. The Bertz CT molecular complexity index is 202. The van der Waals surface area contributed by atoms with E-state index in [1.165, 1.54) is 0 Å². The number of aliphatic hydroxyl groups is 2. The first kappa shape index (κ1) is 6.34. The smallest absolute Gasteiger partial charge is 0.0780 e. The Labute approximate surface area is 59.2 Å². The highest BCUT2D eigenvalue weighted by Crippen LogP contribution is 2.45. The molecule has 0 aromatic heterocycles. The van der Waals surface area contributed by atoms with Crippen LogP contribution in [0.3, 0.4) is 0 Å². The first-order valence-corrected chi connectivity index (χ1v) is 3.49. The SMILES string of the molecule is NC1(C2=CC(O)C2)CC1O. The van der Waals surface area contributed by atoms with Crippen LogP contribution in [0.2, 0.25) is 0 Å². The van der Waals surface area contributed by atoms with E-state index in [0.29, 0.717) is 12.8 Å². The molecule has 0 spiro atoms. The molecule has 0 aliphatic heterocycles. The summed E-state index contributed by atoms with van der Waals surface area (Å²) >= 11 is 0. The molecule has 3 nitrogen and oxygen atoms in total. The van der Waals surface area contributed by atoms with E-state index in [9.17, 15) is 0 Å². The normalized spacial score (nSPS) is 51.7. The van der Waals surface area contributed by atoms with Gasteiger partial charge in [0.05, 0.1) is 17.7 Å². The van der Waals surface area contributed by atoms with Crippen LogP contribution in [0.4, 0.5) is 0 Å². The molecule has 0 radical (unpaired) electrons. The molecular weight excluding hydrogens is 130 g/mol. The summed E-state index contributed by atoms with van der Waals surface area (Å²) in [6.07, 6.45) is 2.35. The van der Waals surface area contributed by atoms with Crippen LogP contribution in [-0.2, 0) is 0 Å². The van der Waals surface area contributed by atoms with E-state index < -0.39 is 5.54 Å². The van der Waals surface area contributed by atoms with E-state index in [1.807, 2.05) is 0 Å². The zero-order valence-electron chi connectivity index (χ0n) is 5.62. The van der Waals surface area contributed by atoms with Crippen LogP contribution in [0.15, 0.2) is 11.6 Å². The second kappa shape index (κ2) is 1.61. The van der Waals surface area contributed by atoms with Crippen LogP contribution >= 0.6 is 0 Å². The molecule has 3 atom stereocenters. The second-order valence-corrected chi connectivity index (χ2v) is 3.22. The molecule has 3 heteroatoms. The lowest BCUT2D eigenvalue weighted by Crippen LogP contribution is -2.36. The van der Waals surface area contributed by atoms with Gasteiger partial charge in [0.25, 0.3) is 0 Å². The third kappa shape index (κ3) is 0.653. The Morgan fingerprint density at radius 1 is 1.60 bits per heavy atom. The molecule has 1 saturated carbocycles. The predicted octanol–water partition coefficient (Wildman–Crippen LogP) is -0.861. The summed E-state index contributed by atoms with van der Waals surface area (Å²) in [6, 6.07) is 0. The van der Waals surface area contributed by atoms with Crippen LogP contribution in [0, 0.1) is 0 Å². The first-order valence-electron chi connectivity index (χ1n) is 3.49. The first-order chi connectivity index (χ1) is 4.63. The summed E-state index contributed by atoms with van der Waals surface area (Å²) in [5.41, 5.74) is 6.29. The molecule has 1 fully saturated rings. The summed E-state index contributed by atoms with van der Waals surface area (Å²) in [5, 5.41) is 17.9. The maximum absolute atomic E-state index is 9.06. The average molecular weight is 141 g/mol. The van der Waals surface area contributed by atoms with Crippen molar-refractivity contribution in [2.75, 3.05) is 0 Å². The van der Waals surface area contributed by atoms with E-state index in [0.717, 1.165) is 5.57 Å². The molecule has 56 valence electrons. The molecule has 4 N–H and O–H groups in total. The molecule has 2 rings (SSSR count). The molecule has 0 saturated heterocycles. The minimum Gasteiger partial charge on any atom is -0.391 e. The molecule has 0 aromatic carbocycles. The zero-order chi connectivity index (χ0) is 7.35. The standard InChI is InChI=1S/C7H11NO2/c8-7(3-6(7)10)4-1-5(9)2-4/h1,5-6,9-10H,2-3,8H2. The lowest BCUT2D eigenvalue weighted by atomic mass is 9.88. The fourth-order valence-corrected chi connectivity index (χ4v) is 1.38. The molecule has 10 heavy (non-hydrogen) atoms. The van der Waals surface area contributed by atoms with Crippen molar-refractivity contribution < 1.29 is 10.2 Å². The topological polar surface area (TPSA) is 66.5 Å². The van der Waals surface area contributed by atoms with Crippen molar-refractivity contribution in [1.82, 2.24) is 0 Å². The Hall–Kier alpha value is -0.380. The average Bonchev–Trinajstić information content (AvgIpc) is 2.34. The van der Waals surface area contributed by atoms with Gasteiger partial charge in [-0.1, -0.05) is 6.08 Å². The van der Waals surface area contributed by atoms with Gasteiger partial charge < -0.3 is 15.9 Å². The molecule has 0 heterocycles. The van der Waals surface area contributed by atoms with Crippen LogP contribution in [0.25, 0.3) is 0 Å². The van der Waals surface area contributed by atoms with Crippen LogP contribution < -0.4 is 5.73 Å². The van der Waals surface area contributed by atoms with E-state index >= 15 is 0 Å². The minimum absolute atomic E-state index is 0.316. The second-order valence-electron chi connectivity index (χ2n) is 3.22. The van der Waals surface area contributed by atoms with Crippen LogP contribution in [0.1, 0.15) is 12.8 Å². The fraction of sp³-hybridized carbons (Fsp3) is 0.714. The van der Waals surface area contributed by atoms with Crippen molar-refractivity contribution in [3.05, 3.63) is 11.6 Å². The van der Waals surface area contributed by atoms with Gasteiger partial charge in [0.2, 0.25) is 0 Å². The van der Waals surface area contributed by atoms with Crippen LogP contribution in [0.5, 0.6) is 0 Å². The molecule has 0 bridgehead atoms. The van der Waals surface area contributed by atoms with Gasteiger partial charge in [-0.15, -0.1) is 0 Å². The summed E-state index contributed by atoms with van der Waals surface area (Å²) < 4.78 is 0. The van der Waals surface area contributed by atoms with E-state index in [2.05, 4.69) is 0 Å². The molecule has 2 aliphatic carbocycles. The van der Waals surface area contributed by atoms with Crippen molar-refractivity contribution >= 4 is 0 Å². The largest absolute Gasteiger partial charge is 0.391 e. The van der Waals surface area contributed by atoms with Gasteiger partial charge in [0, 0.05) is 0 Å². The van der Waals surface area contributed by atoms with Crippen molar-refractivity contribution in [2.45, 2.75) is 30.6 Å². The molecular formula is C7H11NO2. The quantitative estimate of drug-likeness (QED) is 0.416. The number of nitrogens with two attached hydrogens (primary N) is 1.